The van der Waals surface area contributed by atoms with Gasteiger partial charge in [0.05, 0.1) is 32.7 Å². The van der Waals surface area contributed by atoms with Gasteiger partial charge in [0.1, 0.15) is 12.0 Å². The number of quaternary nitrogens is 1. The number of fused-ring (bicyclic) bond motifs is 2. The molecule has 4 nitrogen and oxygen atoms in total. The van der Waals surface area contributed by atoms with E-state index in [0.717, 1.165) is 30.7 Å². The number of aromatic nitrogens is 1. The second kappa shape index (κ2) is 7.00. The van der Waals surface area contributed by atoms with Crippen LogP contribution in [-0.2, 0) is 11.3 Å². The van der Waals surface area contributed by atoms with Crippen LogP contribution in [0.4, 0.5) is 0 Å². The molecule has 1 amide bonds. The quantitative estimate of drug-likeness (QED) is 0.463. The van der Waals surface area contributed by atoms with Crippen molar-refractivity contribution >= 4 is 22.4 Å². The summed E-state index contributed by atoms with van der Waals surface area (Å²) < 4.78 is 3.25. The van der Waals surface area contributed by atoms with Crippen LogP contribution >= 0.6 is 0 Å². The smallest absolute Gasteiger partial charge is 0.235 e. The van der Waals surface area contributed by atoms with Gasteiger partial charge in [-0.3, -0.25) is 4.79 Å². The molecule has 5 heteroatoms. The molecule has 2 aromatic rings. The molecule has 0 N–H and O–H groups in total. The Kier molecular flexibility index (Phi) is 5.23. The van der Waals surface area contributed by atoms with E-state index < -0.39 is 0 Å². The standard InChI is InChI=1S/C21H28N3O.HI/c1-5-22(6-2)21(25)16-12-18-17-9-7-8-15-10-11-23(20(15)17)13-19(18)24(3,4)14-16;/h7-12,16,19H,5-6,13-14H2,1-4H3;1H/q+1;/p-1/t16-,19-;/m1./s1. The number of carbonyl (C=O) groups is 1. The molecule has 1 aromatic carbocycles. The second-order valence-electron chi connectivity index (χ2n) is 7.93. The van der Waals surface area contributed by atoms with Crippen LogP contribution in [0.1, 0.15) is 19.4 Å². The minimum Gasteiger partial charge on any atom is -1.00 e. The zero-order chi connectivity index (χ0) is 17.8. The van der Waals surface area contributed by atoms with Crippen LogP contribution in [0, 0.1) is 5.92 Å². The molecule has 26 heavy (non-hydrogen) atoms. The van der Waals surface area contributed by atoms with Crippen LogP contribution in [-0.4, -0.2) is 59.6 Å². The average Bonchev–Trinajstić information content (AvgIpc) is 3.01. The highest BCUT2D eigenvalue weighted by Gasteiger charge is 2.44. The van der Waals surface area contributed by atoms with Crippen molar-refractivity contribution < 1.29 is 33.3 Å². The van der Waals surface area contributed by atoms with E-state index in [4.69, 9.17) is 0 Å². The SMILES string of the molecule is CCN(CC)C(=O)[C@@H]1C=C2c3cccc4ccn(c34)C[C@H]2[N+](C)(C)C1.[I-]. The Labute approximate surface area is 173 Å². The lowest BCUT2D eigenvalue weighted by Gasteiger charge is -2.46. The third-order valence-electron chi connectivity index (χ3n) is 6.11. The van der Waals surface area contributed by atoms with Gasteiger partial charge in [-0.2, -0.15) is 0 Å². The highest BCUT2D eigenvalue weighted by molar-refractivity contribution is 5.95. The summed E-state index contributed by atoms with van der Waals surface area (Å²) in [6.07, 6.45) is 4.48. The van der Waals surface area contributed by atoms with Crippen LogP contribution in [0.2, 0.25) is 0 Å². The van der Waals surface area contributed by atoms with E-state index in [1.807, 2.05) is 4.90 Å². The number of benzene rings is 1. The molecule has 0 radical (unpaired) electrons. The topological polar surface area (TPSA) is 25.2 Å². The van der Waals surface area contributed by atoms with Gasteiger partial charge in [0.25, 0.3) is 0 Å². The van der Waals surface area contributed by atoms with Gasteiger partial charge in [-0.1, -0.05) is 24.3 Å². The van der Waals surface area contributed by atoms with Gasteiger partial charge < -0.3 is 37.9 Å². The molecule has 0 bridgehead atoms. The largest absolute Gasteiger partial charge is 1.00 e. The first-order valence-electron chi connectivity index (χ1n) is 9.37. The number of hydrogen-bond acceptors (Lipinski definition) is 1. The summed E-state index contributed by atoms with van der Waals surface area (Å²) >= 11 is 0. The molecule has 3 heterocycles. The van der Waals surface area contributed by atoms with Crippen LogP contribution in [0.15, 0.2) is 36.5 Å². The highest BCUT2D eigenvalue weighted by Crippen LogP contribution is 2.41. The van der Waals surface area contributed by atoms with E-state index in [1.165, 1.54) is 22.0 Å². The number of likely N-dealkylation sites (N-methyl/N-ethyl adjacent to an activating group) is 1. The van der Waals surface area contributed by atoms with E-state index >= 15 is 0 Å². The fraction of sp³-hybridized carbons (Fsp3) is 0.476. The van der Waals surface area contributed by atoms with Crippen molar-refractivity contribution in [2.45, 2.75) is 26.4 Å². The molecule has 0 spiro atoms. The molecule has 2 aliphatic rings. The summed E-state index contributed by atoms with van der Waals surface area (Å²) in [4.78, 5) is 15.0. The number of hydrogen-bond donors (Lipinski definition) is 0. The third-order valence-corrected chi connectivity index (χ3v) is 6.11. The minimum atomic E-state index is -0.0297. The van der Waals surface area contributed by atoms with E-state index in [-0.39, 0.29) is 35.8 Å². The molecule has 4 rings (SSSR count). The Morgan fingerprint density at radius 2 is 1.96 bits per heavy atom. The average molecular weight is 465 g/mol. The van der Waals surface area contributed by atoms with Crippen molar-refractivity contribution in [3.05, 3.63) is 42.1 Å². The summed E-state index contributed by atoms with van der Waals surface area (Å²) in [5, 5.41) is 1.29. The lowest BCUT2D eigenvalue weighted by atomic mass is 9.84. The van der Waals surface area contributed by atoms with Gasteiger partial charge in [0, 0.05) is 35.8 Å². The van der Waals surface area contributed by atoms with Crippen LogP contribution in [0.5, 0.6) is 0 Å². The number of halogens is 1. The number of rotatable bonds is 3. The molecule has 1 aromatic heterocycles. The number of carbonyl (C=O) groups excluding carboxylic acids is 1. The van der Waals surface area contributed by atoms with Gasteiger partial charge in [0.15, 0.2) is 0 Å². The van der Waals surface area contributed by atoms with Crippen LogP contribution in [0.25, 0.3) is 16.5 Å². The van der Waals surface area contributed by atoms with Gasteiger partial charge >= 0.3 is 0 Å². The van der Waals surface area contributed by atoms with Gasteiger partial charge in [-0.25, -0.2) is 0 Å². The maximum atomic E-state index is 13.0. The van der Waals surface area contributed by atoms with Crippen molar-refractivity contribution in [1.82, 2.24) is 9.47 Å². The van der Waals surface area contributed by atoms with Crippen LogP contribution < -0.4 is 24.0 Å². The van der Waals surface area contributed by atoms with Gasteiger partial charge in [0.2, 0.25) is 5.91 Å². The van der Waals surface area contributed by atoms with E-state index in [1.54, 1.807) is 0 Å². The van der Waals surface area contributed by atoms with E-state index in [9.17, 15) is 4.79 Å². The molecule has 0 saturated carbocycles. The monoisotopic (exact) mass is 465 g/mol. The van der Waals surface area contributed by atoms with Crippen LogP contribution in [0.3, 0.4) is 0 Å². The molecule has 0 saturated heterocycles. The molecular weight excluding hydrogens is 437 g/mol. The predicted octanol–water partition coefficient (Wildman–Crippen LogP) is -0.0145. The fourth-order valence-electron chi connectivity index (χ4n) is 4.73. The molecule has 140 valence electrons. The molecule has 2 atom stereocenters. The first-order chi connectivity index (χ1) is 12.0. The van der Waals surface area contributed by atoms with E-state index in [2.05, 4.69) is 69.0 Å². The fourth-order valence-corrected chi connectivity index (χ4v) is 4.73. The third kappa shape index (κ3) is 2.89. The second-order valence-corrected chi connectivity index (χ2v) is 7.93. The summed E-state index contributed by atoms with van der Waals surface area (Å²) in [6, 6.07) is 9.15. The lowest BCUT2D eigenvalue weighted by molar-refractivity contribution is -0.910. The molecule has 0 fully saturated rings. The summed E-state index contributed by atoms with van der Waals surface area (Å²) in [6.45, 7) is 7.55. The summed E-state index contributed by atoms with van der Waals surface area (Å²) in [5.41, 5.74) is 3.99. The lowest BCUT2D eigenvalue weighted by Crippen LogP contribution is -3.00. The Balaban J connectivity index is 0.00000196. The number of nitrogens with zero attached hydrogens (tertiary/aromatic N) is 3. The van der Waals surface area contributed by atoms with Crippen molar-refractivity contribution in [1.29, 1.82) is 0 Å². The Bertz CT molecular complexity index is 863. The van der Waals surface area contributed by atoms with Crippen molar-refractivity contribution in [2.75, 3.05) is 33.7 Å². The zero-order valence-corrected chi connectivity index (χ0v) is 18.2. The Morgan fingerprint density at radius 1 is 1.23 bits per heavy atom. The molecular formula is C21H28IN3O. The molecule has 2 aliphatic heterocycles. The Morgan fingerprint density at radius 3 is 2.65 bits per heavy atom. The predicted molar refractivity (Wildman–Crippen MR) is 102 cm³/mol. The highest BCUT2D eigenvalue weighted by atomic mass is 127. The summed E-state index contributed by atoms with van der Waals surface area (Å²) in [5.74, 6) is 0.244. The Hall–Kier alpha value is -1.34. The number of amides is 1. The zero-order valence-electron chi connectivity index (χ0n) is 16.1. The van der Waals surface area contributed by atoms with Crippen molar-refractivity contribution in [3.8, 4) is 0 Å². The van der Waals surface area contributed by atoms with Gasteiger partial charge in [-0.15, -0.1) is 0 Å². The van der Waals surface area contributed by atoms with Gasteiger partial charge in [-0.05, 0) is 19.9 Å². The molecule has 0 unspecified atom stereocenters. The van der Waals surface area contributed by atoms with Crippen molar-refractivity contribution in [3.63, 3.8) is 0 Å². The van der Waals surface area contributed by atoms with Crippen molar-refractivity contribution in [2.24, 2.45) is 5.92 Å². The first kappa shape index (κ1) is 19.4. The maximum Gasteiger partial charge on any atom is 0.235 e. The normalized spacial score (nSPS) is 23.0. The minimum absolute atomic E-state index is 0. The molecule has 0 aliphatic carbocycles. The number of para-hydroxylation sites is 1. The maximum absolute atomic E-state index is 13.0. The summed E-state index contributed by atoms with van der Waals surface area (Å²) in [7, 11) is 4.55. The van der Waals surface area contributed by atoms with E-state index in [0.29, 0.717) is 6.04 Å². The first-order valence-corrected chi connectivity index (χ1v) is 9.37.